The smallest absolute Gasteiger partial charge is 0.168 e. The molecule has 0 spiro atoms. The van der Waals surface area contributed by atoms with Gasteiger partial charge in [-0.15, -0.1) is 0 Å². The third-order valence-corrected chi connectivity index (χ3v) is 7.03. The van der Waals surface area contributed by atoms with E-state index in [2.05, 4.69) is 30.9 Å². The molecule has 1 aliphatic heterocycles. The number of aliphatic hydroxyl groups is 1. The molecular formula is C26H26F2N8O. The number of nitrogens with zero attached hydrogens (tertiary/aromatic N) is 5. The molecule has 0 bridgehead atoms. The van der Waals surface area contributed by atoms with Gasteiger partial charge >= 0.3 is 0 Å². The van der Waals surface area contributed by atoms with Gasteiger partial charge in [0.1, 0.15) is 17.5 Å². The van der Waals surface area contributed by atoms with Crippen LogP contribution in [-0.2, 0) is 0 Å². The molecule has 37 heavy (non-hydrogen) atoms. The molecule has 0 aromatic carbocycles. The van der Waals surface area contributed by atoms with Crippen LogP contribution in [0, 0.1) is 11.6 Å². The van der Waals surface area contributed by atoms with E-state index >= 15 is 0 Å². The summed E-state index contributed by atoms with van der Waals surface area (Å²) in [5, 5.41) is 21.0. The Hall–Kier alpha value is -3.83. The highest BCUT2D eigenvalue weighted by atomic mass is 19.1. The molecule has 2 unspecified atom stereocenters. The molecule has 190 valence electrons. The summed E-state index contributed by atoms with van der Waals surface area (Å²) >= 11 is 0. The number of hydrogen-bond acceptors (Lipinski definition) is 9. The standard InChI is InChI=1S/C26H26F2N8O/c27-16-9-18(28)25(32-10-16)35-22-8-15(4-7-31-22)24-34-20-12-30-11-17(14-2-1-3-14)23(20)26(36-24)33-19-5-6-29-13-21(19)37/h4,7-12,14,19,21,29,37H,1-3,5-6,13H2,(H,31,32,35)(H,33,34,36). The van der Waals surface area contributed by atoms with Gasteiger partial charge < -0.3 is 21.1 Å². The summed E-state index contributed by atoms with van der Waals surface area (Å²) in [6.45, 7) is 1.31. The zero-order valence-electron chi connectivity index (χ0n) is 20.0. The van der Waals surface area contributed by atoms with Gasteiger partial charge in [-0.2, -0.15) is 0 Å². The van der Waals surface area contributed by atoms with Crippen molar-refractivity contribution in [1.82, 2.24) is 30.2 Å². The zero-order chi connectivity index (χ0) is 25.4. The zero-order valence-corrected chi connectivity index (χ0v) is 20.0. The second-order valence-corrected chi connectivity index (χ2v) is 9.50. The Kier molecular flexibility index (Phi) is 6.31. The molecule has 1 saturated heterocycles. The van der Waals surface area contributed by atoms with Crippen LogP contribution in [0.1, 0.15) is 37.2 Å². The molecule has 6 rings (SSSR count). The molecule has 5 heterocycles. The van der Waals surface area contributed by atoms with Gasteiger partial charge in [0.15, 0.2) is 17.5 Å². The molecule has 9 nitrogen and oxygen atoms in total. The second kappa shape index (κ2) is 9.91. The Morgan fingerprint density at radius 1 is 1.00 bits per heavy atom. The summed E-state index contributed by atoms with van der Waals surface area (Å²) in [5.74, 6) is 0.0977. The first-order chi connectivity index (χ1) is 18.0. The quantitative estimate of drug-likeness (QED) is 0.310. The Bertz CT molecular complexity index is 1450. The van der Waals surface area contributed by atoms with Crippen LogP contribution >= 0.6 is 0 Å². The first kappa shape index (κ1) is 23.6. The number of halogens is 2. The number of pyridine rings is 3. The number of nitrogens with one attached hydrogen (secondary N) is 3. The summed E-state index contributed by atoms with van der Waals surface area (Å²) in [7, 11) is 0. The lowest BCUT2D eigenvalue weighted by atomic mass is 9.79. The van der Waals surface area contributed by atoms with Gasteiger partial charge in [0, 0.05) is 36.0 Å². The van der Waals surface area contributed by atoms with Gasteiger partial charge in [-0.25, -0.2) is 28.7 Å². The maximum Gasteiger partial charge on any atom is 0.168 e. The van der Waals surface area contributed by atoms with Crippen molar-refractivity contribution < 1.29 is 13.9 Å². The minimum atomic E-state index is -0.823. The number of anilines is 3. The fourth-order valence-corrected chi connectivity index (χ4v) is 4.82. The maximum absolute atomic E-state index is 14.1. The molecule has 11 heteroatoms. The van der Waals surface area contributed by atoms with Crippen LogP contribution in [-0.4, -0.2) is 55.3 Å². The highest BCUT2D eigenvalue weighted by Crippen LogP contribution is 2.41. The minimum absolute atomic E-state index is 0.137. The Morgan fingerprint density at radius 2 is 1.89 bits per heavy atom. The second-order valence-electron chi connectivity index (χ2n) is 9.50. The van der Waals surface area contributed by atoms with Crippen molar-refractivity contribution in [3.8, 4) is 11.4 Å². The lowest BCUT2D eigenvalue weighted by molar-refractivity contribution is 0.128. The van der Waals surface area contributed by atoms with E-state index < -0.39 is 17.7 Å². The molecule has 4 aromatic rings. The lowest BCUT2D eigenvalue weighted by Gasteiger charge is -2.31. The van der Waals surface area contributed by atoms with E-state index in [1.54, 1.807) is 24.5 Å². The van der Waals surface area contributed by atoms with Gasteiger partial charge in [0.05, 0.1) is 30.1 Å². The van der Waals surface area contributed by atoms with Crippen molar-refractivity contribution in [2.75, 3.05) is 23.7 Å². The number of aromatic nitrogens is 5. The molecule has 2 aliphatic rings. The van der Waals surface area contributed by atoms with Crippen LogP contribution in [0.25, 0.3) is 22.3 Å². The molecule has 0 amide bonds. The third kappa shape index (κ3) is 4.79. The minimum Gasteiger partial charge on any atom is -0.390 e. The van der Waals surface area contributed by atoms with Crippen molar-refractivity contribution in [3.05, 3.63) is 60.2 Å². The number of β-amino-alcohol motifs (C(OH)–C–C–N with tert-alkyl or cyclic N) is 1. The molecule has 4 N–H and O–H groups in total. The van der Waals surface area contributed by atoms with Gasteiger partial charge in [0.2, 0.25) is 0 Å². The topological polar surface area (TPSA) is 121 Å². The summed E-state index contributed by atoms with van der Waals surface area (Å²) in [4.78, 5) is 22.2. The van der Waals surface area contributed by atoms with E-state index in [4.69, 9.17) is 9.97 Å². The van der Waals surface area contributed by atoms with Crippen molar-refractivity contribution >= 4 is 28.4 Å². The van der Waals surface area contributed by atoms with Crippen LogP contribution in [0.15, 0.2) is 43.0 Å². The van der Waals surface area contributed by atoms with Crippen molar-refractivity contribution in [2.45, 2.75) is 43.7 Å². The number of fused-ring (bicyclic) bond motifs is 1. The number of aliphatic hydroxyl groups excluding tert-OH is 1. The Morgan fingerprint density at radius 3 is 2.68 bits per heavy atom. The molecule has 1 saturated carbocycles. The maximum atomic E-state index is 14.1. The Balaban J connectivity index is 1.41. The number of piperidine rings is 1. The van der Waals surface area contributed by atoms with E-state index in [9.17, 15) is 13.9 Å². The van der Waals surface area contributed by atoms with Crippen LogP contribution < -0.4 is 16.0 Å². The van der Waals surface area contributed by atoms with Gasteiger partial charge in [-0.1, -0.05) is 6.42 Å². The third-order valence-electron chi connectivity index (χ3n) is 7.03. The first-order valence-electron chi connectivity index (χ1n) is 12.4. The largest absolute Gasteiger partial charge is 0.390 e. The fourth-order valence-electron chi connectivity index (χ4n) is 4.82. The molecule has 2 fully saturated rings. The van der Waals surface area contributed by atoms with Crippen LogP contribution in [0.4, 0.5) is 26.2 Å². The summed E-state index contributed by atoms with van der Waals surface area (Å²) in [6.07, 6.45) is 9.71. The van der Waals surface area contributed by atoms with Gasteiger partial charge in [-0.3, -0.25) is 4.98 Å². The van der Waals surface area contributed by atoms with Crippen LogP contribution in [0.3, 0.4) is 0 Å². The average molecular weight is 505 g/mol. The van der Waals surface area contributed by atoms with E-state index in [0.29, 0.717) is 41.0 Å². The van der Waals surface area contributed by atoms with Gasteiger partial charge in [-0.05, 0) is 49.4 Å². The molecule has 0 radical (unpaired) electrons. The summed E-state index contributed by atoms with van der Waals surface area (Å²) in [5.41, 5.74) is 2.47. The first-order valence-corrected chi connectivity index (χ1v) is 12.4. The number of hydrogen-bond donors (Lipinski definition) is 4. The lowest BCUT2D eigenvalue weighted by Crippen LogP contribution is -2.47. The summed E-state index contributed by atoms with van der Waals surface area (Å²) < 4.78 is 27.4. The van der Waals surface area contributed by atoms with E-state index in [1.807, 2.05) is 6.20 Å². The predicted molar refractivity (Wildman–Crippen MR) is 135 cm³/mol. The SMILES string of the molecule is OC1CNCCC1Nc1nc(-c2ccnc(Nc3ncc(F)cc3F)c2)nc2cncc(C3CCC3)c12. The normalized spacial score (nSPS) is 20.0. The fraction of sp³-hybridized carbons (Fsp3) is 0.346. The van der Waals surface area contributed by atoms with E-state index in [-0.39, 0.29) is 11.9 Å². The predicted octanol–water partition coefficient (Wildman–Crippen LogP) is 3.91. The van der Waals surface area contributed by atoms with Crippen LogP contribution in [0.2, 0.25) is 0 Å². The molecule has 1 aliphatic carbocycles. The summed E-state index contributed by atoms with van der Waals surface area (Å²) in [6, 6.07) is 4.04. The highest BCUT2D eigenvalue weighted by molar-refractivity contribution is 5.93. The average Bonchev–Trinajstić information content (AvgIpc) is 2.86. The van der Waals surface area contributed by atoms with E-state index in [0.717, 1.165) is 49.0 Å². The van der Waals surface area contributed by atoms with Crippen molar-refractivity contribution in [1.29, 1.82) is 0 Å². The highest BCUT2D eigenvalue weighted by Gasteiger charge is 2.28. The van der Waals surface area contributed by atoms with Crippen molar-refractivity contribution in [3.63, 3.8) is 0 Å². The monoisotopic (exact) mass is 504 g/mol. The van der Waals surface area contributed by atoms with Crippen LogP contribution in [0.5, 0.6) is 0 Å². The Labute approximate surface area is 211 Å². The molecular weight excluding hydrogens is 478 g/mol. The molecule has 2 atom stereocenters. The van der Waals surface area contributed by atoms with E-state index in [1.165, 1.54) is 6.42 Å². The molecule has 4 aromatic heterocycles. The number of rotatable bonds is 6. The van der Waals surface area contributed by atoms with Gasteiger partial charge in [0.25, 0.3) is 0 Å². The van der Waals surface area contributed by atoms with Crippen molar-refractivity contribution in [2.24, 2.45) is 0 Å².